The van der Waals surface area contributed by atoms with Crippen LogP contribution in [-0.4, -0.2) is 11.7 Å². The molecule has 0 unspecified atom stereocenters. The van der Waals surface area contributed by atoms with Gasteiger partial charge in [0.1, 0.15) is 0 Å². The topological polar surface area (TPSA) is 34.3 Å². The molecule has 0 saturated heterocycles. The highest BCUT2D eigenvalue weighted by molar-refractivity contribution is 6.29. The Bertz CT molecular complexity index is 68.0. The fourth-order valence-electron chi connectivity index (χ4n) is 0.0993. The van der Waals surface area contributed by atoms with Gasteiger partial charge in [-0.3, -0.25) is 5.43 Å². The Hall–Kier alpha value is -0.240. The SMILES string of the molecule is ClCC1=NN1. The Morgan fingerprint density at radius 1 is 2.00 bits per heavy atom. The van der Waals surface area contributed by atoms with Gasteiger partial charge in [0.15, 0.2) is 5.84 Å². The van der Waals surface area contributed by atoms with Gasteiger partial charge in [0.25, 0.3) is 0 Å². The van der Waals surface area contributed by atoms with E-state index in [2.05, 4.69) is 10.5 Å². The summed E-state index contributed by atoms with van der Waals surface area (Å²) in [6.07, 6.45) is 0. The first-order valence-corrected chi connectivity index (χ1v) is 1.85. The number of hydrogen-bond donors (Lipinski definition) is 1. The molecule has 0 amide bonds. The van der Waals surface area contributed by atoms with Gasteiger partial charge < -0.3 is 0 Å². The maximum Gasteiger partial charge on any atom is 0.157 e. The minimum Gasteiger partial charge on any atom is -0.261 e. The summed E-state index contributed by atoms with van der Waals surface area (Å²) in [5.74, 6) is 1.42. The molecule has 0 spiro atoms. The van der Waals surface area contributed by atoms with Crippen LogP contribution in [0.5, 0.6) is 0 Å². The lowest BCUT2D eigenvalue weighted by Gasteiger charge is -1.59. The molecule has 1 aliphatic heterocycles. The molecule has 2 nitrogen and oxygen atoms in total. The van der Waals surface area contributed by atoms with Gasteiger partial charge in [-0.1, -0.05) is 0 Å². The molecule has 1 N–H and O–H groups in total. The van der Waals surface area contributed by atoms with E-state index in [0.717, 1.165) is 5.84 Å². The summed E-state index contributed by atoms with van der Waals surface area (Å²) in [4.78, 5) is 0. The van der Waals surface area contributed by atoms with Crippen molar-refractivity contribution in [3.63, 3.8) is 0 Å². The number of rotatable bonds is 1. The van der Waals surface area contributed by atoms with E-state index in [-0.39, 0.29) is 0 Å². The average Bonchev–Trinajstić information content (AvgIpc) is 2.12. The summed E-state index contributed by atoms with van der Waals surface area (Å²) in [6.45, 7) is 0. The Morgan fingerprint density at radius 3 is 2.60 bits per heavy atom. The van der Waals surface area contributed by atoms with Crippen LogP contribution in [0.4, 0.5) is 0 Å². The van der Waals surface area contributed by atoms with E-state index in [0.29, 0.717) is 5.88 Å². The van der Waals surface area contributed by atoms with Gasteiger partial charge in [-0.2, -0.15) is 5.10 Å². The molecule has 0 atom stereocenters. The van der Waals surface area contributed by atoms with Crippen molar-refractivity contribution in [1.29, 1.82) is 0 Å². The Kier molecular flexibility index (Phi) is 0.513. The van der Waals surface area contributed by atoms with Gasteiger partial charge in [-0.15, -0.1) is 11.6 Å². The molecule has 1 heterocycles. The number of alkyl halides is 1. The van der Waals surface area contributed by atoms with Crippen molar-refractivity contribution < 1.29 is 0 Å². The smallest absolute Gasteiger partial charge is 0.157 e. The van der Waals surface area contributed by atoms with E-state index in [1.54, 1.807) is 0 Å². The molecule has 0 radical (unpaired) electrons. The van der Waals surface area contributed by atoms with Crippen molar-refractivity contribution in [2.75, 3.05) is 5.88 Å². The summed E-state index contributed by atoms with van der Waals surface area (Å²) < 4.78 is 0. The minimum atomic E-state index is 0.528. The summed E-state index contributed by atoms with van der Waals surface area (Å²) in [5.41, 5.74) is 2.59. The summed E-state index contributed by atoms with van der Waals surface area (Å²) in [7, 11) is 0. The van der Waals surface area contributed by atoms with Crippen LogP contribution in [0.15, 0.2) is 5.10 Å². The monoisotopic (exact) mass is 90.0 g/mol. The molecule has 1 rings (SSSR count). The maximum absolute atomic E-state index is 5.21. The molecule has 0 aromatic carbocycles. The zero-order valence-corrected chi connectivity index (χ0v) is 3.29. The zero-order valence-electron chi connectivity index (χ0n) is 2.53. The quantitative estimate of drug-likeness (QED) is 0.457. The first kappa shape index (κ1) is 2.97. The van der Waals surface area contributed by atoms with Gasteiger partial charge in [-0.25, -0.2) is 0 Å². The highest BCUT2D eigenvalue weighted by Gasteiger charge is 2.03. The Morgan fingerprint density at radius 2 is 2.60 bits per heavy atom. The van der Waals surface area contributed by atoms with Gasteiger partial charge >= 0.3 is 0 Å². The van der Waals surface area contributed by atoms with Crippen LogP contribution in [0.3, 0.4) is 0 Å². The predicted molar refractivity (Wildman–Crippen MR) is 21.3 cm³/mol. The number of halogens is 1. The molecule has 0 fully saturated rings. The molecule has 0 aromatic heterocycles. The van der Waals surface area contributed by atoms with Gasteiger partial charge in [0.2, 0.25) is 0 Å². The van der Waals surface area contributed by atoms with Crippen molar-refractivity contribution >= 4 is 17.4 Å². The molecule has 5 heavy (non-hydrogen) atoms. The third kappa shape index (κ3) is 0.514. The van der Waals surface area contributed by atoms with Crippen molar-refractivity contribution in [3.05, 3.63) is 0 Å². The van der Waals surface area contributed by atoms with E-state index in [9.17, 15) is 0 Å². The standard InChI is InChI=1S/C2H3ClN2/c3-1-2-4-5-2/h1H2,(H,4,5). The van der Waals surface area contributed by atoms with Crippen LogP contribution < -0.4 is 5.43 Å². The number of hydrazone groups is 1. The molecule has 0 aromatic rings. The molecular formula is C2H3ClN2. The summed E-state index contributed by atoms with van der Waals surface area (Å²) >= 11 is 5.21. The molecule has 1 aliphatic rings. The molecule has 0 aliphatic carbocycles. The van der Waals surface area contributed by atoms with Gasteiger partial charge in [0.05, 0.1) is 5.88 Å². The van der Waals surface area contributed by atoms with Crippen LogP contribution in [0, 0.1) is 0 Å². The first-order chi connectivity index (χ1) is 2.43. The normalized spacial score (nSPS) is 16.6. The third-order valence-corrected chi connectivity index (χ3v) is 0.650. The second-order valence-electron chi connectivity index (χ2n) is 0.804. The number of amidine groups is 1. The zero-order chi connectivity index (χ0) is 3.70. The lowest BCUT2D eigenvalue weighted by molar-refractivity contribution is 1.26. The van der Waals surface area contributed by atoms with E-state index >= 15 is 0 Å². The number of hydrogen-bond acceptors (Lipinski definition) is 2. The summed E-state index contributed by atoms with van der Waals surface area (Å²) in [5, 5.41) is 3.56. The predicted octanol–water partition coefficient (Wildman–Crippen LogP) is 0.142. The van der Waals surface area contributed by atoms with Crippen LogP contribution in [0.2, 0.25) is 0 Å². The van der Waals surface area contributed by atoms with Crippen molar-refractivity contribution in [3.8, 4) is 0 Å². The number of nitrogens with zero attached hydrogens (tertiary/aromatic N) is 1. The van der Waals surface area contributed by atoms with Crippen LogP contribution in [-0.2, 0) is 0 Å². The van der Waals surface area contributed by atoms with Crippen LogP contribution >= 0.6 is 11.6 Å². The second-order valence-corrected chi connectivity index (χ2v) is 1.07. The molecule has 0 saturated carbocycles. The Balaban J connectivity index is 2.22. The van der Waals surface area contributed by atoms with Crippen molar-refractivity contribution in [1.82, 2.24) is 5.43 Å². The molecule has 0 bridgehead atoms. The third-order valence-electron chi connectivity index (χ3n) is 0.396. The highest BCUT2D eigenvalue weighted by Crippen LogP contribution is 1.87. The van der Waals surface area contributed by atoms with E-state index in [1.165, 1.54) is 0 Å². The lowest BCUT2D eigenvalue weighted by Crippen LogP contribution is -1.90. The van der Waals surface area contributed by atoms with Gasteiger partial charge in [-0.05, 0) is 0 Å². The lowest BCUT2D eigenvalue weighted by atomic mass is 10.8. The molecular weight excluding hydrogens is 87.5 g/mol. The second kappa shape index (κ2) is 0.863. The van der Waals surface area contributed by atoms with Crippen molar-refractivity contribution in [2.45, 2.75) is 0 Å². The number of nitrogens with one attached hydrogen (secondary N) is 1. The summed E-state index contributed by atoms with van der Waals surface area (Å²) in [6, 6.07) is 0. The van der Waals surface area contributed by atoms with E-state index in [1.807, 2.05) is 0 Å². The van der Waals surface area contributed by atoms with Gasteiger partial charge in [0, 0.05) is 0 Å². The molecule has 28 valence electrons. The fraction of sp³-hybridized carbons (Fsp3) is 0.500. The largest absolute Gasteiger partial charge is 0.261 e. The fourth-order valence-corrected chi connectivity index (χ4v) is 0.219. The van der Waals surface area contributed by atoms with E-state index in [4.69, 9.17) is 11.6 Å². The average molecular weight is 90.5 g/mol. The van der Waals surface area contributed by atoms with Crippen LogP contribution in [0.1, 0.15) is 0 Å². The van der Waals surface area contributed by atoms with Crippen molar-refractivity contribution in [2.24, 2.45) is 5.10 Å². The minimum absolute atomic E-state index is 0.528. The highest BCUT2D eigenvalue weighted by atomic mass is 35.5. The van der Waals surface area contributed by atoms with E-state index < -0.39 is 0 Å². The van der Waals surface area contributed by atoms with Crippen LogP contribution in [0.25, 0.3) is 0 Å². The Labute approximate surface area is 34.8 Å². The first-order valence-electron chi connectivity index (χ1n) is 1.32. The maximum atomic E-state index is 5.21. The molecule has 3 heteroatoms.